The zero-order chi connectivity index (χ0) is 20.2. The van der Waals surface area contributed by atoms with Crippen molar-refractivity contribution in [1.29, 1.82) is 0 Å². The van der Waals surface area contributed by atoms with Crippen LogP contribution in [0.1, 0.15) is 5.56 Å². The number of aromatic nitrogens is 3. The minimum atomic E-state index is -0.466. The quantitative estimate of drug-likeness (QED) is 0.318. The first-order valence-corrected chi connectivity index (χ1v) is 8.74. The van der Waals surface area contributed by atoms with Crippen molar-refractivity contribution in [2.24, 2.45) is 0 Å². The first kappa shape index (κ1) is 18.1. The molecule has 142 valence electrons. The van der Waals surface area contributed by atoms with Crippen LogP contribution in [0.3, 0.4) is 0 Å². The number of anilines is 1. The molecule has 0 spiro atoms. The Balaban J connectivity index is 1.49. The van der Waals surface area contributed by atoms with Gasteiger partial charge in [0.15, 0.2) is 11.5 Å². The molecule has 29 heavy (non-hydrogen) atoms. The summed E-state index contributed by atoms with van der Waals surface area (Å²) in [4.78, 5) is 22.4. The largest absolute Gasteiger partial charge is 0.322 e. The van der Waals surface area contributed by atoms with Gasteiger partial charge in [-0.2, -0.15) is 0 Å². The molecular formula is C21H15N5O3. The molecule has 4 aromatic rings. The van der Waals surface area contributed by atoms with E-state index in [1.807, 2.05) is 47.0 Å². The van der Waals surface area contributed by atoms with Crippen LogP contribution in [0.25, 0.3) is 23.1 Å². The minimum absolute atomic E-state index is 0.00409. The molecule has 2 heterocycles. The fraction of sp³-hybridized carbons (Fsp3) is 0. The van der Waals surface area contributed by atoms with Gasteiger partial charge < -0.3 is 5.32 Å². The number of benzene rings is 2. The van der Waals surface area contributed by atoms with Gasteiger partial charge in [0.1, 0.15) is 0 Å². The minimum Gasteiger partial charge on any atom is -0.322 e. The third-order valence-corrected chi connectivity index (χ3v) is 4.23. The molecule has 0 aliphatic carbocycles. The number of amides is 1. The van der Waals surface area contributed by atoms with E-state index in [4.69, 9.17) is 0 Å². The molecule has 4 rings (SSSR count). The van der Waals surface area contributed by atoms with Crippen LogP contribution in [-0.4, -0.2) is 25.4 Å². The van der Waals surface area contributed by atoms with Gasteiger partial charge in [0.25, 0.3) is 5.69 Å². The highest BCUT2D eigenvalue weighted by molar-refractivity contribution is 6.02. The number of carbonyl (C=O) groups excluding carboxylic acids is 1. The summed E-state index contributed by atoms with van der Waals surface area (Å²) in [7, 11) is 0. The fourth-order valence-corrected chi connectivity index (χ4v) is 2.84. The lowest BCUT2D eigenvalue weighted by Crippen LogP contribution is -2.07. The van der Waals surface area contributed by atoms with Crippen molar-refractivity contribution in [3.05, 3.63) is 94.7 Å². The van der Waals surface area contributed by atoms with Crippen LogP contribution in [-0.2, 0) is 4.79 Å². The SMILES string of the molecule is O=C(/C=C/c1ccc([N+](=O)[O-])cc1)Nc1cccc(-c2nnc3ccccn23)c1. The number of hydrogen-bond donors (Lipinski definition) is 1. The second kappa shape index (κ2) is 7.73. The molecular weight excluding hydrogens is 370 g/mol. The van der Waals surface area contributed by atoms with Crippen molar-refractivity contribution in [3.63, 3.8) is 0 Å². The van der Waals surface area contributed by atoms with E-state index in [1.54, 1.807) is 24.3 Å². The maximum atomic E-state index is 12.2. The second-order valence-electron chi connectivity index (χ2n) is 6.20. The summed E-state index contributed by atoms with van der Waals surface area (Å²) in [6.45, 7) is 0. The van der Waals surface area contributed by atoms with Crippen LogP contribution in [0.5, 0.6) is 0 Å². The van der Waals surface area contributed by atoms with Crippen molar-refractivity contribution in [3.8, 4) is 11.4 Å². The lowest BCUT2D eigenvalue weighted by Gasteiger charge is -2.05. The van der Waals surface area contributed by atoms with Crippen molar-refractivity contribution in [2.45, 2.75) is 0 Å². The highest BCUT2D eigenvalue weighted by atomic mass is 16.6. The Labute approximate surface area is 165 Å². The van der Waals surface area contributed by atoms with Gasteiger partial charge in [-0.25, -0.2) is 0 Å². The summed E-state index contributed by atoms with van der Waals surface area (Å²) < 4.78 is 1.87. The zero-order valence-electron chi connectivity index (χ0n) is 15.1. The summed E-state index contributed by atoms with van der Waals surface area (Å²) in [5.41, 5.74) is 2.87. The molecule has 0 radical (unpaired) electrons. The van der Waals surface area contributed by atoms with Crippen molar-refractivity contribution < 1.29 is 9.72 Å². The third kappa shape index (κ3) is 4.01. The molecule has 2 aromatic carbocycles. The predicted molar refractivity (Wildman–Crippen MR) is 109 cm³/mol. The monoisotopic (exact) mass is 385 g/mol. The molecule has 1 N–H and O–H groups in total. The van der Waals surface area contributed by atoms with Gasteiger partial charge in [-0.1, -0.05) is 18.2 Å². The molecule has 0 fully saturated rings. The molecule has 0 bridgehead atoms. The topological polar surface area (TPSA) is 102 Å². The molecule has 0 saturated carbocycles. The number of nitro benzene ring substituents is 1. The van der Waals surface area contributed by atoms with Gasteiger partial charge >= 0.3 is 0 Å². The Bertz CT molecular complexity index is 1230. The molecule has 0 saturated heterocycles. The second-order valence-corrected chi connectivity index (χ2v) is 6.20. The number of rotatable bonds is 5. The number of non-ortho nitro benzene ring substituents is 1. The molecule has 8 heteroatoms. The van der Waals surface area contributed by atoms with E-state index < -0.39 is 4.92 Å². The highest BCUT2D eigenvalue weighted by Gasteiger charge is 2.08. The number of nitrogens with zero attached hydrogens (tertiary/aromatic N) is 4. The van der Waals surface area contributed by atoms with E-state index in [2.05, 4.69) is 15.5 Å². The van der Waals surface area contributed by atoms with Gasteiger partial charge in [0.05, 0.1) is 4.92 Å². The third-order valence-electron chi connectivity index (χ3n) is 4.23. The molecule has 0 atom stereocenters. The predicted octanol–water partition coefficient (Wildman–Crippen LogP) is 3.96. The molecule has 8 nitrogen and oxygen atoms in total. The van der Waals surface area contributed by atoms with Crippen molar-refractivity contribution >= 4 is 29.0 Å². The van der Waals surface area contributed by atoms with Gasteiger partial charge in [0, 0.05) is 35.7 Å². The van der Waals surface area contributed by atoms with Crippen LogP contribution in [0, 0.1) is 10.1 Å². The number of nitro groups is 1. The molecule has 0 aliphatic rings. The van der Waals surface area contributed by atoms with Crippen molar-refractivity contribution in [1.82, 2.24) is 14.6 Å². The summed E-state index contributed by atoms with van der Waals surface area (Å²) in [6, 6.07) is 18.9. The number of fused-ring (bicyclic) bond motifs is 1. The Morgan fingerprint density at radius 3 is 2.66 bits per heavy atom. The Hall–Kier alpha value is -4.33. The normalized spacial score (nSPS) is 11.0. The zero-order valence-corrected chi connectivity index (χ0v) is 15.1. The van der Waals surface area contributed by atoms with Crippen molar-refractivity contribution in [2.75, 3.05) is 5.32 Å². The Morgan fingerprint density at radius 2 is 1.86 bits per heavy atom. The lowest BCUT2D eigenvalue weighted by molar-refractivity contribution is -0.384. The number of carbonyl (C=O) groups is 1. The van der Waals surface area contributed by atoms with Crippen LogP contribution < -0.4 is 5.32 Å². The van der Waals surface area contributed by atoms with Gasteiger partial charge in [0.2, 0.25) is 5.91 Å². The van der Waals surface area contributed by atoms with E-state index in [0.717, 1.165) is 11.2 Å². The lowest BCUT2D eigenvalue weighted by atomic mass is 10.1. The summed E-state index contributed by atoms with van der Waals surface area (Å²) >= 11 is 0. The smallest absolute Gasteiger partial charge is 0.269 e. The Morgan fingerprint density at radius 1 is 1.03 bits per heavy atom. The average Bonchev–Trinajstić information content (AvgIpc) is 3.17. The van der Waals surface area contributed by atoms with E-state index in [9.17, 15) is 14.9 Å². The molecule has 2 aromatic heterocycles. The average molecular weight is 385 g/mol. The van der Waals surface area contributed by atoms with Gasteiger partial charge in [-0.15, -0.1) is 10.2 Å². The van der Waals surface area contributed by atoms with Crippen LogP contribution in [0.2, 0.25) is 0 Å². The molecule has 0 aliphatic heterocycles. The van der Waals surface area contributed by atoms with Gasteiger partial charge in [-0.3, -0.25) is 19.3 Å². The van der Waals surface area contributed by atoms with Crippen LogP contribution >= 0.6 is 0 Å². The maximum absolute atomic E-state index is 12.2. The van der Waals surface area contributed by atoms with Gasteiger partial charge in [-0.05, 0) is 48.0 Å². The number of nitrogens with one attached hydrogen (secondary N) is 1. The highest BCUT2D eigenvalue weighted by Crippen LogP contribution is 2.22. The Kier molecular flexibility index (Phi) is 4.81. The first-order chi connectivity index (χ1) is 14.1. The maximum Gasteiger partial charge on any atom is 0.269 e. The number of hydrogen-bond acceptors (Lipinski definition) is 5. The molecule has 1 amide bonds. The fourth-order valence-electron chi connectivity index (χ4n) is 2.84. The number of pyridine rings is 1. The summed E-state index contributed by atoms with van der Waals surface area (Å²) in [5, 5.41) is 21.8. The van der Waals surface area contributed by atoms with Crippen LogP contribution in [0.15, 0.2) is 79.0 Å². The van der Waals surface area contributed by atoms with E-state index in [0.29, 0.717) is 17.1 Å². The molecule has 0 unspecified atom stereocenters. The standard InChI is InChI=1S/C21H15N5O3/c27-20(12-9-15-7-10-18(11-8-15)26(28)29)22-17-5-3-4-16(14-17)21-24-23-19-6-1-2-13-25(19)21/h1-14H,(H,22,27)/b12-9+. The van der Waals surface area contributed by atoms with E-state index >= 15 is 0 Å². The summed E-state index contributed by atoms with van der Waals surface area (Å²) in [6.07, 6.45) is 4.85. The first-order valence-electron chi connectivity index (χ1n) is 8.74. The van der Waals surface area contributed by atoms with E-state index in [1.165, 1.54) is 18.2 Å². The summed E-state index contributed by atoms with van der Waals surface area (Å²) in [5.74, 6) is 0.365. The van der Waals surface area contributed by atoms with Crippen LogP contribution in [0.4, 0.5) is 11.4 Å². The van der Waals surface area contributed by atoms with E-state index in [-0.39, 0.29) is 11.6 Å².